The minimum Gasteiger partial charge on any atom is -0.497 e. The third-order valence-electron chi connectivity index (χ3n) is 5.59. The topological polar surface area (TPSA) is 122 Å². The molecule has 12 heteroatoms. The van der Waals surface area contributed by atoms with Crippen molar-refractivity contribution in [3.63, 3.8) is 0 Å². The highest BCUT2D eigenvalue weighted by molar-refractivity contribution is 5.98. The van der Waals surface area contributed by atoms with E-state index in [4.69, 9.17) is 24.4 Å². The number of fused-ring (bicyclic) bond motifs is 1. The predicted molar refractivity (Wildman–Crippen MR) is 127 cm³/mol. The van der Waals surface area contributed by atoms with E-state index in [9.17, 15) is 18.0 Å². The van der Waals surface area contributed by atoms with Crippen molar-refractivity contribution < 1.29 is 36.6 Å². The van der Waals surface area contributed by atoms with Crippen LogP contribution in [0.3, 0.4) is 0 Å². The fourth-order valence-electron chi connectivity index (χ4n) is 3.74. The molecule has 37 heavy (non-hydrogen) atoms. The van der Waals surface area contributed by atoms with Gasteiger partial charge in [-0.2, -0.15) is 13.2 Å². The number of methoxy groups -OCH3 is 3. The standard InChI is InChI=1S/C25H23F3N4O5/c1-34-14-5-4-13(18(10-14)36-3)12-30-23(33)22-19(11-29)37-24(32-22)16-6-8-17(35-2)21-15(16)7-9-20(31-21)25(26,27)28/h4-10H,11-12,29H2,1-3H3,(H,30,33). The smallest absolute Gasteiger partial charge is 0.433 e. The van der Waals surface area contributed by atoms with Crippen molar-refractivity contribution >= 4 is 16.8 Å². The molecule has 2 aromatic heterocycles. The Balaban J connectivity index is 1.68. The largest absolute Gasteiger partial charge is 0.497 e. The third-order valence-corrected chi connectivity index (χ3v) is 5.59. The highest BCUT2D eigenvalue weighted by atomic mass is 19.4. The maximum absolute atomic E-state index is 13.2. The molecule has 3 N–H and O–H groups in total. The number of carbonyl (C=O) groups excluding carboxylic acids is 1. The van der Waals surface area contributed by atoms with Crippen LogP contribution in [0.15, 0.2) is 46.9 Å². The Kier molecular flexibility index (Phi) is 7.21. The molecule has 0 bridgehead atoms. The molecule has 0 saturated carbocycles. The number of amides is 1. The summed E-state index contributed by atoms with van der Waals surface area (Å²) in [5, 5.41) is 3.05. The SMILES string of the molecule is COc1ccc(CNC(=O)c2nc(-c3ccc(OC)c4nc(C(F)(F)F)ccc34)oc2CN)c(OC)c1. The van der Waals surface area contributed by atoms with E-state index < -0.39 is 17.8 Å². The number of aromatic nitrogens is 2. The fourth-order valence-corrected chi connectivity index (χ4v) is 3.74. The van der Waals surface area contributed by atoms with E-state index in [1.54, 1.807) is 24.3 Å². The molecule has 4 aromatic rings. The van der Waals surface area contributed by atoms with Crippen molar-refractivity contribution in [1.82, 2.24) is 15.3 Å². The molecule has 194 valence electrons. The van der Waals surface area contributed by atoms with E-state index in [2.05, 4.69) is 15.3 Å². The first-order chi connectivity index (χ1) is 17.7. The van der Waals surface area contributed by atoms with Gasteiger partial charge in [-0.15, -0.1) is 0 Å². The van der Waals surface area contributed by atoms with Crippen LogP contribution in [-0.2, 0) is 19.3 Å². The van der Waals surface area contributed by atoms with Gasteiger partial charge >= 0.3 is 6.18 Å². The van der Waals surface area contributed by atoms with Gasteiger partial charge in [-0.05, 0) is 36.4 Å². The first-order valence-corrected chi connectivity index (χ1v) is 10.9. The molecule has 4 rings (SSSR count). The number of ether oxygens (including phenoxy) is 3. The van der Waals surface area contributed by atoms with Gasteiger partial charge in [0.05, 0.1) is 27.9 Å². The summed E-state index contributed by atoms with van der Waals surface area (Å²) in [4.78, 5) is 21.0. The molecule has 2 aromatic carbocycles. The van der Waals surface area contributed by atoms with E-state index in [0.717, 1.165) is 6.07 Å². The van der Waals surface area contributed by atoms with Crippen LogP contribution in [0.5, 0.6) is 17.2 Å². The van der Waals surface area contributed by atoms with E-state index in [1.165, 1.54) is 33.5 Å². The molecule has 1 amide bonds. The van der Waals surface area contributed by atoms with E-state index in [-0.39, 0.29) is 41.7 Å². The van der Waals surface area contributed by atoms with Crippen molar-refractivity contribution in [2.24, 2.45) is 5.73 Å². The molecule has 0 fully saturated rings. The van der Waals surface area contributed by atoms with Crippen LogP contribution in [0.25, 0.3) is 22.4 Å². The van der Waals surface area contributed by atoms with Crippen LogP contribution >= 0.6 is 0 Å². The summed E-state index contributed by atoms with van der Waals surface area (Å²) in [7, 11) is 4.36. The number of hydrogen-bond donors (Lipinski definition) is 2. The average Bonchev–Trinajstić information content (AvgIpc) is 3.34. The number of nitrogens with two attached hydrogens (primary N) is 1. The molecular weight excluding hydrogens is 493 g/mol. The number of hydrogen-bond acceptors (Lipinski definition) is 8. The van der Waals surface area contributed by atoms with E-state index >= 15 is 0 Å². The lowest BCUT2D eigenvalue weighted by Gasteiger charge is -2.11. The normalized spacial score (nSPS) is 11.4. The van der Waals surface area contributed by atoms with Gasteiger partial charge in [0.2, 0.25) is 5.89 Å². The summed E-state index contributed by atoms with van der Waals surface area (Å²) in [6, 6.07) is 10.3. The Morgan fingerprint density at radius 3 is 2.41 bits per heavy atom. The van der Waals surface area contributed by atoms with Crippen LogP contribution in [0.1, 0.15) is 27.5 Å². The zero-order valence-electron chi connectivity index (χ0n) is 20.1. The molecule has 0 unspecified atom stereocenters. The first kappa shape index (κ1) is 25.8. The second kappa shape index (κ2) is 10.3. The van der Waals surface area contributed by atoms with Gasteiger partial charge in [-0.25, -0.2) is 9.97 Å². The summed E-state index contributed by atoms with van der Waals surface area (Å²) in [5.74, 6) is 0.822. The van der Waals surface area contributed by atoms with Gasteiger partial charge in [-0.3, -0.25) is 4.79 Å². The molecule has 0 atom stereocenters. The Hall–Kier alpha value is -4.32. The number of halogens is 3. The number of nitrogens with one attached hydrogen (secondary N) is 1. The van der Waals surface area contributed by atoms with Gasteiger partial charge in [0.1, 0.15) is 28.5 Å². The maximum Gasteiger partial charge on any atom is 0.433 e. The van der Waals surface area contributed by atoms with Crippen molar-refractivity contribution in [3.05, 3.63) is 65.2 Å². The van der Waals surface area contributed by atoms with Crippen LogP contribution in [0, 0.1) is 0 Å². The fraction of sp³-hybridized carbons (Fsp3) is 0.240. The number of nitrogens with zero attached hydrogens (tertiary/aromatic N) is 2. The van der Waals surface area contributed by atoms with Crippen molar-refractivity contribution in [2.75, 3.05) is 21.3 Å². The Bertz CT molecular complexity index is 1450. The molecule has 0 radical (unpaired) electrons. The van der Waals surface area contributed by atoms with Crippen LogP contribution in [0.2, 0.25) is 0 Å². The van der Waals surface area contributed by atoms with Gasteiger partial charge < -0.3 is 29.7 Å². The summed E-state index contributed by atoms with van der Waals surface area (Å²) in [5.41, 5.74) is 5.66. The van der Waals surface area contributed by atoms with E-state index in [1.807, 2.05) is 0 Å². The number of carbonyl (C=O) groups is 1. The summed E-state index contributed by atoms with van der Waals surface area (Å²) in [6.45, 7) is -0.0139. The lowest BCUT2D eigenvalue weighted by atomic mass is 10.1. The number of benzene rings is 2. The Labute approximate surface area is 209 Å². The molecule has 0 aliphatic heterocycles. The van der Waals surface area contributed by atoms with Gasteiger partial charge in [-0.1, -0.05) is 0 Å². The zero-order valence-corrected chi connectivity index (χ0v) is 20.1. The Morgan fingerprint density at radius 1 is 1.00 bits per heavy atom. The summed E-state index contributed by atoms with van der Waals surface area (Å²) in [6.07, 6.45) is -4.64. The van der Waals surface area contributed by atoms with Gasteiger partial charge in [0.15, 0.2) is 11.5 Å². The number of alkyl halides is 3. The quantitative estimate of drug-likeness (QED) is 0.355. The highest BCUT2D eigenvalue weighted by Gasteiger charge is 2.33. The van der Waals surface area contributed by atoms with Crippen molar-refractivity contribution in [2.45, 2.75) is 19.3 Å². The highest BCUT2D eigenvalue weighted by Crippen LogP contribution is 2.37. The van der Waals surface area contributed by atoms with Gasteiger partial charge in [0, 0.05) is 29.1 Å². The molecule has 2 heterocycles. The van der Waals surface area contributed by atoms with Gasteiger partial charge in [0.25, 0.3) is 5.91 Å². The monoisotopic (exact) mass is 516 g/mol. The average molecular weight is 516 g/mol. The van der Waals surface area contributed by atoms with Crippen LogP contribution in [0.4, 0.5) is 13.2 Å². The molecule has 0 saturated heterocycles. The van der Waals surface area contributed by atoms with Crippen molar-refractivity contribution in [1.29, 1.82) is 0 Å². The minimum atomic E-state index is -4.64. The number of oxazole rings is 1. The summed E-state index contributed by atoms with van der Waals surface area (Å²) < 4.78 is 61.2. The lowest BCUT2D eigenvalue weighted by molar-refractivity contribution is -0.140. The predicted octanol–water partition coefficient (Wildman–Crippen LogP) is 4.32. The number of rotatable bonds is 8. The first-order valence-electron chi connectivity index (χ1n) is 10.9. The lowest BCUT2D eigenvalue weighted by Crippen LogP contribution is -2.25. The molecule has 0 spiro atoms. The molecular formula is C25H23F3N4O5. The summed E-state index contributed by atoms with van der Waals surface area (Å²) >= 11 is 0. The Morgan fingerprint density at radius 2 is 1.76 bits per heavy atom. The molecule has 0 aliphatic carbocycles. The maximum atomic E-state index is 13.2. The second-order valence-electron chi connectivity index (χ2n) is 7.76. The van der Waals surface area contributed by atoms with E-state index in [0.29, 0.717) is 28.0 Å². The third kappa shape index (κ3) is 5.14. The van der Waals surface area contributed by atoms with Crippen molar-refractivity contribution in [3.8, 4) is 28.7 Å². The van der Waals surface area contributed by atoms with Crippen LogP contribution < -0.4 is 25.3 Å². The second-order valence-corrected chi connectivity index (χ2v) is 7.76. The minimum absolute atomic E-state index is 0.00170. The number of pyridine rings is 1. The molecule has 0 aliphatic rings. The van der Waals surface area contributed by atoms with Crippen LogP contribution in [-0.4, -0.2) is 37.2 Å². The molecule has 9 nitrogen and oxygen atoms in total. The zero-order chi connectivity index (χ0) is 26.7.